The minimum atomic E-state index is -2.96. The average Bonchev–Trinajstić information content (AvgIpc) is 2.77. The van der Waals surface area contributed by atoms with E-state index in [9.17, 15) is 19.0 Å². The molecule has 1 aliphatic heterocycles. The second-order valence-corrected chi connectivity index (χ2v) is 10.7. The number of nitrogens with one attached hydrogen (secondary N) is 1. The van der Waals surface area contributed by atoms with Gasteiger partial charge in [-0.3, -0.25) is 18.2 Å². The fraction of sp³-hybridized carbons (Fsp3) is 0.458. The highest BCUT2D eigenvalue weighted by Gasteiger charge is 2.28. The van der Waals surface area contributed by atoms with Crippen LogP contribution in [0.5, 0.6) is 5.75 Å². The molecule has 182 valence electrons. The number of carbonyl (C=O) groups excluding carboxylic acids is 1. The van der Waals surface area contributed by atoms with Crippen molar-refractivity contribution >= 4 is 22.4 Å². The number of hydrogen-bond donors (Lipinski definition) is 5. The number of aliphatic hydroxyl groups is 1. The maximum absolute atomic E-state index is 13.2. The molecule has 33 heavy (non-hydrogen) atoms. The first-order valence-electron chi connectivity index (χ1n) is 11.3. The molecule has 6 N–H and O–H groups in total. The molecule has 0 aromatic heterocycles. The third-order valence-electron chi connectivity index (χ3n) is 5.52. The van der Waals surface area contributed by atoms with Crippen molar-refractivity contribution in [3.8, 4) is 5.75 Å². The zero-order valence-corrected chi connectivity index (χ0v) is 20.0. The van der Waals surface area contributed by atoms with Crippen LogP contribution >= 0.6 is 10.8 Å². The van der Waals surface area contributed by atoms with Gasteiger partial charge in [0.25, 0.3) is 5.91 Å². The van der Waals surface area contributed by atoms with Gasteiger partial charge < -0.3 is 20.9 Å². The molecule has 0 spiro atoms. The summed E-state index contributed by atoms with van der Waals surface area (Å²) >= 11 is 0. The van der Waals surface area contributed by atoms with Crippen molar-refractivity contribution in [2.45, 2.75) is 51.4 Å². The summed E-state index contributed by atoms with van der Waals surface area (Å²) in [6.07, 6.45) is 0.953. The molecule has 8 nitrogen and oxygen atoms in total. The SMILES string of the molecule is CC(C)Oc1cc(C(=O)N[C@@H](Cc2ccccc2)[C@H](O)CN)cc(N2CCCCS2(O)O)c1. The van der Waals surface area contributed by atoms with Gasteiger partial charge in [0.15, 0.2) is 0 Å². The highest BCUT2D eigenvalue weighted by molar-refractivity contribution is 8.25. The Morgan fingerprint density at radius 1 is 1.18 bits per heavy atom. The summed E-state index contributed by atoms with van der Waals surface area (Å²) in [6, 6.07) is 14.0. The van der Waals surface area contributed by atoms with E-state index in [0.29, 0.717) is 35.7 Å². The molecule has 1 amide bonds. The van der Waals surface area contributed by atoms with E-state index in [1.165, 1.54) is 0 Å². The predicted molar refractivity (Wildman–Crippen MR) is 133 cm³/mol. The molecule has 1 heterocycles. The average molecular weight is 478 g/mol. The van der Waals surface area contributed by atoms with E-state index in [-0.39, 0.29) is 12.6 Å². The lowest BCUT2D eigenvalue weighted by Gasteiger charge is -2.47. The Balaban J connectivity index is 1.89. The second kappa shape index (κ2) is 11.2. The van der Waals surface area contributed by atoms with Crippen molar-refractivity contribution in [1.29, 1.82) is 0 Å². The van der Waals surface area contributed by atoms with Crippen LogP contribution in [0.25, 0.3) is 0 Å². The van der Waals surface area contributed by atoms with Crippen LogP contribution in [0.3, 0.4) is 0 Å². The maximum atomic E-state index is 13.2. The molecule has 2 aromatic carbocycles. The van der Waals surface area contributed by atoms with Gasteiger partial charge in [-0.25, -0.2) is 0 Å². The topological polar surface area (TPSA) is 128 Å². The van der Waals surface area contributed by atoms with Gasteiger partial charge in [-0.05, 0) is 50.8 Å². The molecule has 2 aromatic rings. The summed E-state index contributed by atoms with van der Waals surface area (Å²) in [4.78, 5) is 13.2. The van der Waals surface area contributed by atoms with Crippen molar-refractivity contribution in [3.05, 3.63) is 59.7 Å². The number of nitrogens with zero attached hydrogens (tertiary/aromatic N) is 1. The van der Waals surface area contributed by atoms with Crippen molar-refractivity contribution in [1.82, 2.24) is 5.32 Å². The molecule has 1 aliphatic rings. The van der Waals surface area contributed by atoms with Gasteiger partial charge in [0.05, 0.1) is 29.7 Å². The Morgan fingerprint density at radius 3 is 2.55 bits per heavy atom. The molecule has 0 aliphatic carbocycles. The molecular formula is C24H35N3O5S. The van der Waals surface area contributed by atoms with E-state index < -0.39 is 28.8 Å². The zero-order chi connectivity index (χ0) is 24.0. The van der Waals surface area contributed by atoms with Crippen molar-refractivity contribution < 1.29 is 23.7 Å². The lowest BCUT2D eigenvalue weighted by atomic mass is 10.0. The standard InChI is InChI=1S/C24H35N3O5S/c1-17(2)32-21-14-19(13-20(15-21)27-10-6-7-11-33(27,30)31)24(29)26-22(23(28)16-25)12-18-8-4-3-5-9-18/h3-5,8-9,13-15,17,22-23,28,30-31H,6-7,10-12,16,25H2,1-2H3,(H,26,29)/t22-,23+/m0/s1. The summed E-state index contributed by atoms with van der Waals surface area (Å²) in [5, 5.41) is 13.3. The number of amides is 1. The Morgan fingerprint density at radius 2 is 1.91 bits per heavy atom. The number of benzene rings is 2. The molecule has 1 saturated heterocycles. The summed E-state index contributed by atoms with van der Waals surface area (Å²) in [7, 11) is -2.96. The fourth-order valence-electron chi connectivity index (χ4n) is 3.87. The first-order chi connectivity index (χ1) is 15.7. The largest absolute Gasteiger partial charge is 0.491 e. The van der Waals surface area contributed by atoms with Crippen molar-refractivity contribution in [3.63, 3.8) is 0 Å². The van der Waals surface area contributed by atoms with Crippen LogP contribution in [-0.4, -0.2) is 57.2 Å². The predicted octanol–water partition coefficient (Wildman–Crippen LogP) is 3.40. The number of nitrogens with two attached hydrogens (primary N) is 1. The summed E-state index contributed by atoms with van der Waals surface area (Å²) in [5.74, 6) is 0.367. The van der Waals surface area contributed by atoms with Crippen LogP contribution in [0.1, 0.15) is 42.6 Å². The molecular weight excluding hydrogens is 442 g/mol. The van der Waals surface area contributed by atoms with Gasteiger partial charge in [-0.2, -0.15) is 0 Å². The van der Waals surface area contributed by atoms with Crippen molar-refractivity contribution in [2.75, 3.05) is 23.1 Å². The van der Waals surface area contributed by atoms with Gasteiger partial charge in [-0.1, -0.05) is 30.3 Å². The number of hydrogen-bond acceptors (Lipinski definition) is 7. The summed E-state index contributed by atoms with van der Waals surface area (Å²) in [6.45, 7) is 4.26. The summed E-state index contributed by atoms with van der Waals surface area (Å²) < 4.78 is 28.6. The van der Waals surface area contributed by atoms with Gasteiger partial charge in [0, 0.05) is 24.7 Å². The maximum Gasteiger partial charge on any atom is 0.251 e. The first kappa shape index (κ1) is 25.3. The van der Waals surface area contributed by atoms with E-state index >= 15 is 0 Å². The third kappa shape index (κ3) is 6.84. The minimum Gasteiger partial charge on any atom is -0.491 e. The molecule has 0 saturated carbocycles. The van der Waals surface area contributed by atoms with Gasteiger partial charge in [0.1, 0.15) is 5.75 Å². The van der Waals surface area contributed by atoms with Crippen molar-refractivity contribution in [2.24, 2.45) is 5.73 Å². The van der Waals surface area contributed by atoms with Crippen LogP contribution in [0.4, 0.5) is 5.69 Å². The summed E-state index contributed by atoms with van der Waals surface area (Å²) in [5.41, 5.74) is 7.49. The zero-order valence-electron chi connectivity index (χ0n) is 19.2. The van der Waals surface area contributed by atoms with Crippen LogP contribution in [0.15, 0.2) is 48.5 Å². The van der Waals surface area contributed by atoms with Crippen LogP contribution in [-0.2, 0) is 6.42 Å². The second-order valence-electron chi connectivity index (χ2n) is 8.60. The Kier molecular flexibility index (Phi) is 8.61. The molecule has 1 fully saturated rings. The Hall–Kier alpha value is -2.30. The lowest BCUT2D eigenvalue weighted by Crippen LogP contribution is -2.47. The Bertz CT molecular complexity index is 926. The third-order valence-corrected chi connectivity index (χ3v) is 7.45. The molecule has 0 bridgehead atoms. The van der Waals surface area contributed by atoms with Gasteiger partial charge in [-0.15, -0.1) is 10.8 Å². The van der Waals surface area contributed by atoms with Gasteiger partial charge in [0.2, 0.25) is 0 Å². The molecule has 0 radical (unpaired) electrons. The highest BCUT2D eigenvalue weighted by atomic mass is 32.3. The van der Waals surface area contributed by atoms with E-state index in [0.717, 1.165) is 18.4 Å². The highest BCUT2D eigenvalue weighted by Crippen LogP contribution is 2.50. The van der Waals surface area contributed by atoms with E-state index in [1.54, 1.807) is 22.5 Å². The van der Waals surface area contributed by atoms with Crippen LogP contribution in [0.2, 0.25) is 0 Å². The van der Waals surface area contributed by atoms with Crippen LogP contribution in [0, 0.1) is 0 Å². The molecule has 2 atom stereocenters. The molecule has 9 heteroatoms. The lowest BCUT2D eigenvalue weighted by molar-refractivity contribution is 0.0845. The number of carbonyl (C=O) groups is 1. The van der Waals surface area contributed by atoms with Crippen LogP contribution < -0.4 is 20.1 Å². The number of ether oxygens (including phenoxy) is 1. The fourth-order valence-corrected chi connectivity index (χ4v) is 5.55. The van der Waals surface area contributed by atoms with E-state index in [4.69, 9.17) is 10.5 Å². The quantitative estimate of drug-likeness (QED) is 0.374. The molecule has 3 rings (SSSR count). The first-order valence-corrected chi connectivity index (χ1v) is 12.9. The number of anilines is 1. The number of aliphatic hydroxyl groups excluding tert-OH is 1. The van der Waals surface area contributed by atoms with E-state index in [2.05, 4.69) is 5.32 Å². The monoisotopic (exact) mass is 477 g/mol. The normalized spacial score (nSPS) is 18.5. The van der Waals surface area contributed by atoms with E-state index in [1.807, 2.05) is 44.2 Å². The minimum absolute atomic E-state index is 0.00815. The Labute approximate surface area is 197 Å². The van der Waals surface area contributed by atoms with Gasteiger partial charge >= 0.3 is 0 Å². The molecule has 0 unspecified atom stereocenters. The number of rotatable bonds is 9. The smallest absolute Gasteiger partial charge is 0.251 e.